The van der Waals surface area contributed by atoms with Crippen molar-refractivity contribution in [3.05, 3.63) is 78.6 Å². The van der Waals surface area contributed by atoms with Crippen LogP contribution in [-0.4, -0.2) is 24.0 Å². The Morgan fingerprint density at radius 1 is 0.969 bits per heavy atom. The Labute approximate surface area is 189 Å². The minimum Gasteiger partial charge on any atom is -0.457 e. The normalized spacial score (nSPS) is 14.5. The van der Waals surface area contributed by atoms with Crippen molar-refractivity contribution >= 4 is 38.3 Å². The summed E-state index contributed by atoms with van der Waals surface area (Å²) in [5, 5.41) is 3.83. The molecule has 0 atom stereocenters. The average molecular weight is 448 g/mol. The molecule has 0 spiro atoms. The third-order valence-corrected chi connectivity index (χ3v) is 6.68. The number of carbonyl (C=O) groups excluding carboxylic acids is 1. The number of thiazole rings is 1. The topological polar surface area (TPSA) is 54.5 Å². The Bertz CT molecular complexity index is 1220. The van der Waals surface area contributed by atoms with Gasteiger partial charge in [0.05, 0.1) is 4.70 Å². The average Bonchev–Trinajstić information content (AvgIpc) is 3.27. The van der Waals surface area contributed by atoms with Gasteiger partial charge in [-0.05, 0) is 61.4 Å². The molecule has 0 bridgehead atoms. The SMILES string of the molecule is O=C(Nc1ccc(Oc2ccccc2)cc1)C1CCN(c2nc3c(F)cccc3s2)CC1. The molecule has 7 heteroatoms. The Morgan fingerprint density at radius 3 is 2.41 bits per heavy atom. The van der Waals surface area contributed by atoms with E-state index in [1.165, 1.54) is 17.4 Å². The minimum absolute atomic E-state index is 0.0247. The number of carbonyl (C=O) groups is 1. The number of nitrogens with one attached hydrogen (secondary N) is 1. The van der Waals surface area contributed by atoms with Crippen LogP contribution >= 0.6 is 11.3 Å². The Morgan fingerprint density at radius 2 is 1.69 bits per heavy atom. The van der Waals surface area contributed by atoms with Crippen LogP contribution in [0, 0.1) is 11.7 Å². The first-order valence-electron chi connectivity index (χ1n) is 10.6. The van der Waals surface area contributed by atoms with Gasteiger partial charge in [-0.2, -0.15) is 0 Å². The number of anilines is 2. The maximum Gasteiger partial charge on any atom is 0.227 e. The van der Waals surface area contributed by atoms with Gasteiger partial charge in [0, 0.05) is 24.7 Å². The first-order valence-corrected chi connectivity index (χ1v) is 11.4. The third kappa shape index (κ3) is 4.43. The highest BCUT2D eigenvalue weighted by molar-refractivity contribution is 7.22. The minimum atomic E-state index is -0.292. The second kappa shape index (κ2) is 8.96. The van der Waals surface area contributed by atoms with Crippen LogP contribution in [0.1, 0.15) is 12.8 Å². The molecule has 162 valence electrons. The Hall–Kier alpha value is -3.45. The lowest BCUT2D eigenvalue weighted by molar-refractivity contribution is -0.120. The molecular formula is C25H22FN3O2S. The number of ether oxygens (including phenoxy) is 1. The molecule has 0 aliphatic carbocycles. The highest BCUT2D eigenvalue weighted by Crippen LogP contribution is 2.33. The lowest BCUT2D eigenvalue weighted by Crippen LogP contribution is -2.38. The summed E-state index contributed by atoms with van der Waals surface area (Å²) in [6, 6.07) is 22.0. The summed E-state index contributed by atoms with van der Waals surface area (Å²) in [5.41, 5.74) is 1.17. The van der Waals surface area contributed by atoms with E-state index in [9.17, 15) is 9.18 Å². The molecule has 5 rings (SSSR count). The molecule has 1 fully saturated rings. The van der Waals surface area contributed by atoms with E-state index in [0.717, 1.165) is 52.9 Å². The molecule has 1 aliphatic heterocycles. The summed E-state index contributed by atoms with van der Waals surface area (Å²) in [6.07, 6.45) is 1.47. The van der Waals surface area contributed by atoms with E-state index in [1.54, 1.807) is 6.07 Å². The molecule has 1 amide bonds. The number of fused-ring (bicyclic) bond motifs is 1. The number of piperidine rings is 1. The molecule has 32 heavy (non-hydrogen) atoms. The van der Waals surface area contributed by atoms with E-state index in [2.05, 4.69) is 15.2 Å². The van der Waals surface area contributed by atoms with E-state index < -0.39 is 0 Å². The van der Waals surface area contributed by atoms with Crippen molar-refractivity contribution < 1.29 is 13.9 Å². The quantitative estimate of drug-likeness (QED) is 0.403. The number of halogens is 1. The van der Waals surface area contributed by atoms with Crippen LogP contribution < -0.4 is 15.0 Å². The smallest absolute Gasteiger partial charge is 0.227 e. The number of benzene rings is 3. The highest BCUT2D eigenvalue weighted by Gasteiger charge is 2.26. The maximum absolute atomic E-state index is 13.9. The van der Waals surface area contributed by atoms with Crippen LogP contribution in [0.5, 0.6) is 11.5 Å². The van der Waals surface area contributed by atoms with Crippen LogP contribution in [0.2, 0.25) is 0 Å². The highest BCUT2D eigenvalue weighted by atomic mass is 32.1. The molecule has 0 saturated carbocycles. The number of amides is 1. The van der Waals surface area contributed by atoms with Crippen LogP contribution in [0.3, 0.4) is 0 Å². The summed E-state index contributed by atoms with van der Waals surface area (Å²) in [6.45, 7) is 1.45. The lowest BCUT2D eigenvalue weighted by Gasteiger charge is -2.31. The predicted molar refractivity (Wildman–Crippen MR) is 126 cm³/mol. The predicted octanol–water partition coefficient (Wildman–Crippen LogP) is 6.08. The molecule has 1 saturated heterocycles. The fraction of sp³-hybridized carbons (Fsp3) is 0.200. The van der Waals surface area contributed by atoms with Gasteiger partial charge in [-0.1, -0.05) is 35.6 Å². The molecule has 4 aromatic rings. The van der Waals surface area contributed by atoms with Gasteiger partial charge in [0.15, 0.2) is 5.13 Å². The number of rotatable bonds is 5. The van der Waals surface area contributed by atoms with Crippen molar-refractivity contribution in [2.24, 2.45) is 5.92 Å². The van der Waals surface area contributed by atoms with Crippen LogP contribution in [0.25, 0.3) is 10.2 Å². The Balaban J connectivity index is 1.16. The van der Waals surface area contributed by atoms with E-state index in [1.807, 2.05) is 60.7 Å². The Kier molecular flexibility index (Phi) is 5.73. The molecule has 1 aromatic heterocycles. The van der Waals surface area contributed by atoms with Gasteiger partial charge in [0.1, 0.15) is 22.8 Å². The fourth-order valence-electron chi connectivity index (χ4n) is 3.85. The van der Waals surface area contributed by atoms with Crippen molar-refractivity contribution in [3.8, 4) is 11.5 Å². The monoisotopic (exact) mass is 447 g/mol. The number of aromatic nitrogens is 1. The van der Waals surface area contributed by atoms with E-state index in [4.69, 9.17) is 4.74 Å². The van der Waals surface area contributed by atoms with Crippen LogP contribution in [0.15, 0.2) is 72.8 Å². The molecule has 2 heterocycles. The first-order chi connectivity index (χ1) is 15.7. The van der Waals surface area contributed by atoms with Gasteiger partial charge in [-0.3, -0.25) is 4.79 Å². The summed E-state index contributed by atoms with van der Waals surface area (Å²) >= 11 is 1.49. The molecular weight excluding hydrogens is 425 g/mol. The van der Waals surface area contributed by atoms with Gasteiger partial charge in [0.2, 0.25) is 5.91 Å². The fourth-order valence-corrected chi connectivity index (χ4v) is 4.88. The lowest BCUT2D eigenvalue weighted by atomic mass is 9.96. The van der Waals surface area contributed by atoms with Crippen molar-refractivity contribution in [1.29, 1.82) is 0 Å². The van der Waals surface area contributed by atoms with Gasteiger partial charge in [0.25, 0.3) is 0 Å². The van der Waals surface area contributed by atoms with E-state index in [0.29, 0.717) is 5.52 Å². The number of hydrogen-bond donors (Lipinski definition) is 1. The first kappa shape index (κ1) is 20.5. The largest absolute Gasteiger partial charge is 0.457 e. The van der Waals surface area contributed by atoms with Crippen molar-refractivity contribution in [2.45, 2.75) is 12.8 Å². The van der Waals surface area contributed by atoms with Gasteiger partial charge >= 0.3 is 0 Å². The molecule has 3 aromatic carbocycles. The maximum atomic E-state index is 13.9. The summed E-state index contributed by atoms with van der Waals surface area (Å²) in [7, 11) is 0. The van der Waals surface area contributed by atoms with Crippen molar-refractivity contribution in [3.63, 3.8) is 0 Å². The molecule has 1 N–H and O–H groups in total. The molecule has 0 unspecified atom stereocenters. The standard InChI is InChI=1S/C25H22FN3O2S/c26-21-7-4-8-22-23(21)28-25(32-22)29-15-13-17(14-16-29)24(30)27-18-9-11-20(12-10-18)31-19-5-2-1-3-6-19/h1-12,17H,13-16H2,(H,27,30). The van der Waals surface area contributed by atoms with Gasteiger partial charge in [-0.15, -0.1) is 0 Å². The number of para-hydroxylation sites is 2. The molecule has 5 nitrogen and oxygen atoms in total. The summed E-state index contributed by atoms with van der Waals surface area (Å²) in [4.78, 5) is 19.4. The van der Waals surface area contributed by atoms with Crippen molar-refractivity contribution in [2.75, 3.05) is 23.3 Å². The van der Waals surface area contributed by atoms with Crippen LogP contribution in [-0.2, 0) is 4.79 Å². The second-order valence-corrected chi connectivity index (χ2v) is 8.78. The zero-order chi connectivity index (χ0) is 21.9. The van der Waals surface area contributed by atoms with E-state index >= 15 is 0 Å². The van der Waals surface area contributed by atoms with Crippen molar-refractivity contribution in [1.82, 2.24) is 4.98 Å². The third-order valence-electron chi connectivity index (χ3n) is 5.60. The zero-order valence-corrected chi connectivity index (χ0v) is 18.1. The van der Waals surface area contributed by atoms with E-state index in [-0.39, 0.29) is 17.6 Å². The zero-order valence-electron chi connectivity index (χ0n) is 17.3. The van der Waals surface area contributed by atoms with Crippen LogP contribution in [0.4, 0.5) is 15.2 Å². The number of hydrogen-bond acceptors (Lipinski definition) is 5. The summed E-state index contributed by atoms with van der Waals surface area (Å²) < 4.78 is 20.6. The second-order valence-electron chi connectivity index (χ2n) is 7.77. The number of nitrogens with zero attached hydrogens (tertiary/aromatic N) is 2. The molecule has 1 aliphatic rings. The summed E-state index contributed by atoms with van der Waals surface area (Å²) in [5.74, 6) is 1.16. The van der Waals surface area contributed by atoms with Gasteiger partial charge < -0.3 is 15.0 Å². The molecule has 0 radical (unpaired) electrons. The van der Waals surface area contributed by atoms with Gasteiger partial charge in [-0.25, -0.2) is 9.37 Å².